The molecule has 2 heterocycles. The van der Waals surface area contributed by atoms with Crippen LogP contribution in [0.25, 0.3) is 22.0 Å². The summed E-state index contributed by atoms with van der Waals surface area (Å²) in [6.07, 6.45) is -5.70. The van der Waals surface area contributed by atoms with E-state index in [2.05, 4.69) is 4.98 Å². The maximum atomic E-state index is 13.4. The number of rotatable bonds is 7. The fourth-order valence-electron chi connectivity index (χ4n) is 3.92. The van der Waals surface area contributed by atoms with Crippen LogP contribution in [-0.4, -0.2) is 61.8 Å². The van der Waals surface area contributed by atoms with Gasteiger partial charge >= 0.3 is 18.2 Å². The van der Waals surface area contributed by atoms with Crippen molar-refractivity contribution in [2.24, 2.45) is 0 Å². The predicted molar refractivity (Wildman–Crippen MR) is 127 cm³/mol. The first kappa shape index (κ1) is 25.2. The van der Waals surface area contributed by atoms with Gasteiger partial charge in [0.05, 0.1) is 18.5 Å². The Morgan fingerprint density at radius 2 is 1.92 bits per heavy atom. The summed E-state index contributed by atoms with van der Waals surface area (Å²) in [7, 11) is 3.67. The Morgan fingerprint density at radius 1 is 1.17 bits per heavy atom. The molecule has 1 aliphatic heterocycles. The number of carbonyl (C=O) groups excluding carboxylic acids is 2. The van der Waals surface area contributed by atoms with Crippen molar-refractivity contribution in [2.45, 2.75) is 18.7 Å². The Bertz CT molecular complexity index is 1350. The predicted octanol–water partition coefficient (Wildman–Crippen LogP) is 4.03. The lowest BCUT2D eigenvalue weighted by Gasteiger charge is -2.15. The molecule has 0 spiro atoms. The van der Waals surface area contributed by atoms with Crippen LogP contribution in [-0.2, 0) is 20.4 Å². The summed E-state index contributed by atoms with van der Waals surface area (Å²) in [6, 6.07) is 11.1. The van der Waals surface area contributed by atoms with Crippen molar-refractivity contribution in [2.75, 3.05) is 38.7 Å². The maximum Gasteiger partial charge on any atom is 0.417 e. The number of aromatic nitrogens is 1. The Morgan fingerprint density at radius 3 is 2.64 bits per heavy atom. The topological polar surface area (TPSA) is 91.9 Å². The number of alkyl halides is 3. The molecule has 11 heteroatoms. The molecule has 0 unspecified atom stereocenters. The molecule has 190 valence electrons. The van der Waals surface area contributed by atoms with Crippen LogP contribution < -0.4 is 10.5 Å². The van der Waals surface area contributed by atoms with Gasteiger partial charge in [0, 0.05) is 28.9 Å². The third kappa shape index (κ3) is 5.51. The monoisotopic (exact) mass is 503 g/mol. The summed E-state index contributed by atoms with van der Waals surface area (Å²) >= 11 is 0. The van der Waals surface area contributed by atoms with Crippen LogP contribution in [0, 0.1) is 0 Å². The minimum atomic E-state index is -4.58. The first-order chi connectivity index (χ1) is 17.0. The second-order valence-corrected chi connectivity index (χ2v) is 8.68. The SMILES string of the molecule is CN(C)CCC(=O)OC[C@H]1CN(c2ccc3cc(-c4ccccc4C(F)(F)F)[nH]c(=O)c3c2)C(=O)O1. The summed E-state index contributed by atoms with van der Waals surface area (Å²) in [5.41, 5.74) is -1.18. The molecule has 1 atom stereocenters. The standard InChI is InChI=1S/C25H24F3N3O5/c1-30(2)10-9-22(32)35-14-17-13-31(24(34)36-17)16-8-7-15-11-21(29-23(33)19(15)12-16)18-5-3-4-6-20(18)25(26,27)28/h3-8,11-12,17H,9-10,13-14H2,1-2H3,(H,29,33)/t17-/m1/s1. The third-order valence-electron chi connectivity index (χ3n) is 5.73. The van der Waals surface area contributed by atoms with E-state index in [4.69, 9.17) is 9.47 Å². The van der Waals surface area contributed by atoms with Crippen molar-refractivity contribution in [3.63, 3.8) is 0 Å². The molecule has 0 radical (unpaired) electrons. The lowest BCUT2D eigenvalue weighted by Crippen LogP contribution is -2.27. The van der Waals surface area contributed by atoms with E-state index in [9.17, 15) is 27.6 Å². The quantitative estimate of drug-likeness (QED) is 0.490. The third-order valence-corrected chi connectivity index (χ3v) is 5.73. The van der Waals surface area contributed by atoms with E-state index in [1.807, 2.05) is 19.0 Å². The van der Waals surface area contributed by atoms with Gasteiger partial charge in [-0.25, -0.2) is 4.79 Å². The number of fused-ring (bicyclic) bond motifs is 1. The molecule has 1 aromatic heterocycles. The molecule has 0 bridgehead atoms. The number of nitrogens with one attached hydrogen (secondary N) is 1. The molecule has 0 aliphatic carbocycles. The molecule has 0 saturated carbocycles. The van der Waals surface area contributed by atoms with Crippen LogP contribution in [0.1, 0.15) is 12.0 Å². The number of nitrogens with zero attached hydrogens (tertiary/aromatic N) is 2. The number of hydrogen-bond acceptors (Lipinski definition) is 6. The van der Waals surface area contributed by atoms with Crippen molar-refractivity contribution < 1.29 is 32.2 Å². The number of cyclic esters (lactones) is 1. The van der Waals surface area contributed by atoms with E-state index in [-0.39, 0.29) is 36.2 Å². The number of amides is 1. The maximum absolute atomic E-state index is 13.4. The van der Waals surface area contributed by atoms with Gasteiger partial charge in [-0.2, -0.15) is 13.2 Å². The summed E-state index contributed by atoms with van der Waals surface area (Å²) in [4.78, 5) is 42.7. The van der Waals surface area contributed by atoms with Gasteiger partial charge in [0.2, 0.25) is 0 Å². The van der Waals surface area contributed by atoms with Gasteiger partial charge in [-0.15, -0.1) is 0 Å². The molecule has 1 aliphatic rings. The van der Waals surface area contributed by atoms with Crippen LogP contribution in [0.15, 0.2) is 53.3 Å². The fraction of sp³-hybridized carbons (Fsp3) is 0.320. The van der Waals surface area contributed by atoms with Crippen LogP contribution in [0.2, 0.25) is 0 Å². The fourth-order valence-corrected chi connectivity index (χ4v) is 3.92. The minimum absolute atomic E-state index is 0.0323. The number of hydrogen-bond donors (Lipinski definition) is 1. The number of carbonyl (C=O) groups is 2. The molecule has 1 saturated heterocycles. The molecular weight excluding hydrogens is 479 g/mol. The zero-order valence-electron chi connectivity index (χ0n) is 19.6. The van der Waals surface area contributed by atoms with E-state index in [0.717, 1.165) is 6.07 Å². The number of ether oxygens (including phenoxy) is 2. The first-order valence-corrected chi connectivity index (χ1v) is 11.1. The highest BCUT2D eigenvalue weighted by atomic mass is 19.4. The largest absolute Gasteiger partial charge is 0.462 e. The summed E-state index contributed by atoms with van der Waals surface area (Å²) in [5.74, 6) is -0.404. The average molecular weight is 503 g/mol. The highest BCUT2D eigenvalue weighted by Crippen LogP contribution is 2.36. The molecule has 3 aromatic rings. The molecule has 36 heavy (non-hydrogen) atoms. The van der Waals surface area contributed by atoms with Crippen LogP contribution >= 0.6 is 0 Å². The molecule has 2 aromatic carbocycles. The molecule has 1 fully saturated rings. The van der Waals surface area contributed by atoms with E-state index < -0.39 is 35.5 Å². The first-order valence-electron chi connectivity index (χ1n) is 11.1. The van der Waals surface area contributed by atoms with Crippen molar-refractivity contribution >= 4 is 28.5 Å². The number of anilines is 1. The van der Waals surface area contributed by atoms with Crippen molar-refractivity contribution in [3.8, 4) is 11.3 Å². The smallest absolute Gasteiger partial charge is 0.417 e. The number of esters is 1. The van der Waals surface area contributed by atoms with E-state index in [1.165, 1.54) is 35.2 Å². The Hall–Kier alpha value is -3.86. The minimum Gasteiger partial charge on any atom is -0.462 e. The van der Waals surface area contributed by atoms with Crippen molar-refractivity contribution in [1.29, 1.82) is 0 Å². The van der Waals surface area contributed by atoms with Gasteiger partial charge in [-0.3, -0.25) is 14.5 Å². The number of H-pyrrole nitrogens is 1. The van der Waals surface area contributed by atoms with Gasteiger partial charge in [0.15, 0.2) is 6.10 Å². The average Bonchev–Trinajstić information content (AvgIpc) is 3.21. The molecular formula is C25H24F3N3O5. The lowest BCUT2D eigenvalue weighted by atomic mass is 10.0. The Kier molecular flexibility index (Phi) is 7.02. The highest BCUT2D eigenvalue weighted by molar-refractivity contribution is 5.94. The van der Waals surface area contributed by atoms with E-state index in [0.29, 0.717) is 17.6 Å². The molecule has 8 nitrogen and oxygen atoms in total. The number of halogens is 3. The van der Waals surface area contributed by atoms with Gasteiger partial charge < -0.3 is 19.4 Å². The van der Waals surface area contributed by atoms with Crippen LogP contribution in [0.3, 0.4) is 0 Å². The second-order valence-electron chi connectivity index (χ2n) is 8.68. The summed E-state index contributed by atoms with van der Waals surface area (Å²) in [6.45, 7) is 0.551. The van der Waals surface area contributed by atoms with E-state index in [1.54, 1.807) is 12.1 Å². The Balaban J connectivity index is 1.54. The van der Waals surface area contributed by atoms with E-state index >= 15 is 0 Å². The van der Waals surface area contributed by atoms with Crippen LogP contribution in [0.4, 0.5) is 23.7 Å². The second kappa shape index (κ2) is 10.0. The highest BCUT2D eigenvalue weighted by Gasteiger charge is 2.35. The van der Waals surface area contributed by atoms with Gasteiger partial charge in [-0.05, 0) is 43.7 Å². The molecule has 1 amide bonds. The van der Waals surface area contributed by atoms with Gasteiger partial charge in [0.1, 0.15) is 6.61 Å². The normalized spacial score (nSPS) is 16.0. The Labute approximate surface area is 204 Å². The summed E-state index contributed by atoms with van der Waals surface area (Å²) < 4.78 is 50.8. The molecule has 1 N–H and O–H groups in total. The number of benzene rings is 2. The number of aromatic amines is 1. The zero-order chi connectivity index (χ0) is 26.0. The lowest BCUT2D eigenvalue weighted by molar-refractivity contribution is -0.146. The van der Waals surface area contributed by atoms with Crippen LogP contribution in [0.5, 0.6) is 0 Å². The zero-order valence-corrected chi connectivity index (χ0v) is 19.6. The van der Waals surface area contributed by atoms with Crippen molar-refractivity contribution in [3.05, 3.63) is 64.4 Å². The number of pyridine rings is 1. The summed E-state index contributed by atoms with van der Waals surface area (Å²) in [5, 5.41) is 0.612. The molecule has 4 rings (SSSR count). The van der Waals surface area contributed by atoms with Crippen molar-refractivity contribution in [1.82, 2.24) is 9.88 Å². The van der Waals surface area contributed by atoms with Gasteiger partial charge in [0.25, 0.3) is 5.56 Å². The van der Waals surface area contributed by atoms with Gasteiger partial charge in [-0.1, -0.05) is 24.3 Å².